The molecule has 0 aromatic heterocycles. The van der Waals surface area contributed by atoms with Crippen molar-refractivity contribution < 1.29 is 5.11 Å². The Hall–Kier alpha value is -0.560. The van der Waals surface area contributed by atoms with Crippen molar-refractivity contribution in [2.24, 2.45) is 34.0 Å². The first-order valence-corrected chi connectivity index (χ1v) is 13.4. The summed E-state index contributed by atoms with van der Waals surface area (Å²) in [6.07, 6.45) is 17.2. The van der Waals surface area contributed by atoms with Gasteiger partial charge in [-0.05, 0) is 118 Å². The number of fused-ring (bicyclic) bond motifs is 1. The number of aliphatic hydroxyl groups is 1. The third-order valence-corrected chi connectivity index (χ3v) is 10.3. The molecular formula is C30H52O. The smallest absolute Gasteiger partial charge is 0.0653 e. The van der Waals surface area contributed by atoms with Crippen LogP contribution in [-0.4, -0.2) is 10.7 Å². The Kier molecular flexibility index (Phi) is 7.28. The van der Waals surface area contributed by atoms with Crippen LogP contribution in [0.2, 0.25) is 0 Å². The van der Waals surface area contributed by atoms with Gasteiger partial charge in [0.2, 0.25) is 0 Å². The van der Waals surface area contributed by atoms with Gasteiger partial charge in [-0.2, -0.15) is 0 Å². The quantitative estimate of drug-likeness (QED) is 0.419. The topological polar surface area (TPSA) is 20.2 Å². The fourth-order valence-corrected chi connectivity index (χ4v) is 8.50. The Morgan fingerprint density at radius 1 is 0.968 bits per heavy atom. The zero-order valence-corrected chi connectivity index (χ0v) is 21.9. The molecule has 0 amide bonds. The maximum absolute atomic E-state index is 11.4. The largest absolute Gasteiger partial charge is 0.390 e. The Bertz CT molecular complexity index is 679. The monoisotopic (exact) mass is 428 g/mol. The van der Waals surface area contributed by atoms with Crippen molar-refractivity contribution in [2.75, 3.05) is 0 Å². The van der Waals surface area contributed by atoms with Crippen molar-refractivity contribution in [3.8, 4) is 0 Å². The zero-order chi connectivity index (χ0) is 23.1. The van der Waals surface area contributed by atoms with Crippen molar-refractivity contribution in [2.45, 2.75) is 131 Å². The molecule has 1 N–H and O–H groups in total. The highest BCUT2D eigenvalue weighted by Crippen LogP contribution is 2.62. The average molecular weight is 429 g/mol. The predicted octanol–water partition coefficient (Wildman–Crippen LogP) is 8.87. The molecule has 1 heteroatoms. The highest BCUT2D eigenvalue weighted by Gasteiger charge is 2.57. The summed E-state index contributed by atoms with van der Waals surface area (Å²) in [5.41, 5.74) is 3.63. The molecule has 0 saturated heterocycles. The molecule has 3 aliphatic carbocycles. The third-order valence-electron chi connectivity index (χ3n) is 10.3. The first-order chi connectivity index (χ1) is 14.3. The van der Waals surface area contributed by atoms with Crippen molar-refractivity contribution >= 4 is 0 Å². The summed E-state index contributed by atoms with van der Waals surface area (Å²) < 4.78 is 0. The van der Waals surface area contributed by atoms with E-state index in [9.17, 15) is 5.11 Å². The highest BCUT2D eigenvalue weighted by molar-refractivity contribution is 5.12. The second-order valence-corrected chi connectivity index (χ2v) is 13.6. The van der Waals surface area contributed by atoms with E-state index in [0.29, 0.717) is 22.7 Å². The average Bonchev–Trinajstić information content (AvgIpc) is 2.62. The van der Waals surface area contributed by atoms with Crippen LogP contribution in [0.1, 0.15) is 126 Å². The number of hydrogen-bond acceptors (Lipinski definition) is 1. The molecule has 0 radical (unpaired) electrons. The van der Waals surface area contributed by atoms with Gasteiger partial charge in [0.1, 0.15) is 0 Å². The van der Waals surface area contributed by atoms with E-state index in [2.05, 4.69) is 61.1 Å². The third kappa shape index (κ3) is 5.18. The fraction of sp³-hybridized carbons (Fsp3) is 0.867. The summed E-state index contributed by atoms with van der Waals surface area (Å²) in [4.78, 5) is 0. The molecule has 31 heavy (non-hydrogen) atoms. The van der Waals surface area contributed by atoms with Crippen LogP contribution in [0.5, 0.6) is 0 Å². The predicted molar refractivity (Wildman–Crippen MR) is 135 cm³/mol. The first kappa shape index (κ1) is 25.1. The van der Waals surface area contributed by atoms with Crippen LogP contribution in [0, 0.1) is 34.0 Å². The second kappa shape index (κ2) is 9.00. The molecule has 5 atom stereocenters. The molecule has 0 aliphatic heterocycles. The van der Waals surface area contributed by atoms with Gasteiger partial charge in [-0.1, -0.05) is 64.8 Å². The van der Waals surface area contributed by atoms with Gasteiger partial charge in [0.05, 0.1) is 5.60 Å². The minimum atomic E-state index is -0.510. The summed E-state index contributed by atoms with van der Waals surface area (Å²) in [5.74, 6) is 1.84. The van der Waals surface area contributed by atoms with Gasteiger partial charge in [0, 0.05) is 0 Å². The molecule has 3 rings (SSSR count). The van der Waals surface area contributed by atoms with E-state index >= 15 is 0 Å². The molecule has 3 fully saturated rings. The van der Waals surface area contributed by atoms with Gasteiger partial charge in [0.25, 0.3) is 0 Å². The molecule has 3 aliphatic rings. The Labute approximate surface area is 194 Å². The lowest BCUT2D eigenvalue weighted by Gasteiger charge is -2.61. The van der Waals surface area contributed by atoms with E-state index in [-0.39, 0.29) is 5.41 Å². The molecule has 0 heterocycles. The second-order valence-electron chi connectivity index (χ2n) is 13.6. The minimum absolute atomic E-state index is 0.287. The van der Waals surface area contributed by atoms with Gasteiger partial charge in [0.15, 0.2) is 0 Å². The van der Waals surface area contributed by atoms with Crippen molar-refractivity contribution in [3.05, 3.63) is 23.8 Å². The Balaban J connectivity index is 1.62. The molecule has 0 spiro atoms. The summed E-state index contributed by atoms with van der Waals surface area (Å²) >= 11 is 0. The molecule has 0 bridgehead atoms. The van der Waals surface area contributed by atoms with Crippen LogP contribution in [-0.2, 0) is 0 Å². The maximum Gasteiger partial charge on any atom is 0.0653 e. The van der Waals surface area contributed by atoms with E-state index in [1.807, 2.05) is 0 Å². The fourth-order valence-electron chi connectivity index (χ4n) is 8.50. The van der Waals surface area contributed by atoms with Crippen LogP contribution >= 0.6 is 0 Å². The minimum Gasteiger partial charge on any atom is -0.390 e. The van der Waals surface area contributed by atoms with Gasteiger partial charge >= 0.3 is 0 Å². The van der Waals surface area contributed by atoms with Crippen LogP contribution in [0.15, 0.2) is 23.8 Å². The lowest BCUT2D eigenvalue weighted by atomic mass is 9.45. The summed E-state index contributed by atoms with van der Waals surface area (Å²) in [6.45, 7) is 21.2. The van der Waals surface area contributed by atoms with E-state index < -0.39 is 5.60 Å². The standard InChI is InChI=1S/C30H52O/c1-22(15-16-24-23(2)13-10-18-27(24,3)4)12-9-14-26-29(7)20-11-19-28(5,6)25(29)17-21-30(26,8)31/h12,24-26,31H,2,9-11,13-21H2,1,3-8H3/t24-,25+,26-,29+,30-/m1/s1. The van der Waals surface area contributed by atoms with Crippen molar-refractivity contribution in [3.63, 3.8) is 0 Å². The van der Waals surface area contributed by atoms with E-state index in [1.165, 1.54) is 68.9 Å². The molecular weight excluding hydrogens is 376 g/mol. The summed E-state index contributed by atoms with van der Waals surface area (Å²) in [6, 6.07) is 0. The normalized spacial score (nSPS) is 40.5. The summed E-state index contributed by atoms with van der Waals surface area (Å²) in [7, 11) is 0. The molecule has 0 aromatic rings. The highest BCUT2D eigenvalue weighted by atomic mass is 16.3. The molecule has 0 unspecified atom stereocenters. The molecule has 0 aromatic carbocycles. The van der Waals surface area contributed by atoms with Crippen LogP contribution < -0.4 is 0 Å². The summed E-state index contributed by atoms with van der Waals surface area (Å²) in [5, 5.41) is 11.4. The van der Waals surface area contributed by atoms with Gasteiger partial charge in [-0.3, -0.25) is 0 Å². The van der Waals surface area contributed by atoms with Crippen LogP contribution in [0.4, 0.5) is 0 Å². The van der Waals surface area contributed by atoms with E-state index in [0.717, 1.165) is 25.2 Å². The lowest BCUT2D eigenvalue weighted by molar-refractivity contribution is -0.168. The Morgan fingerprint density at radius 2 is 1.65 bits per heavy atom. The number of allylic oxidation sites excluding steroid dienone is 3. The molecule has 1 nitrogen and oxygen atoms in total. The zero-order valence-electron chi connectivity index (χ0n) is 21.9. The number of rotatable bonds is 6. The van der Waals surface area contributed by atoms with E-state index in [1.54, 1.807) is 0 Å². The molecule has 178 valence electrons. The van der Waals surface area contributed by atoms with Crippen molar-refractivity contribution in [1.82, 2.24) is 0 Å². The SMILES string of the molecule is C=C1CCCC(C)(C)[C@@H]1CCC(C)=CCC[C@@H]1[C@@]2(C)CCCC(C)(C)[C@@H]2CC[C@@]1(C)O. The first-order valence-electron chi connectivity index (χ1n) is 13.4. The van der Waals surface area contributed by atoms with Crippen LogP contribution in [0.25, 0.3) is 0 Å². The van der Waals surface area contributed by atoms with Crippen molar-refractivity contribution in [1.29, 1.82) is 0 Å². The van der Waals surface area contributed by atoms with Gasteiger partial charge in [-0.15, -0.1) is 0 Å². The Morgan fingerprint density at radius 3 is 2.32 bits per heavy atom. The van der Waals surface area contributed by atoms with E-state index in [4.69, 9.17) is 0 Å². The lowest BCUT2D eigenvalue weighted by Crippen LogP contribution is -2.57. The van der Waals surface area contributed by atoms with Gasteiger partial charge < -0.3 is 5.11 Å². The number of hydrogen-bond donors (Lipinski definition) is 1. The van der Waals surface area contributed by atoms with Crippen LogP contribution in [0.3, 0.4) is 0 Å². The molecule has 3 saturated carbocycles. The maximum atomic E-state index is 11.4. The van der Waals surface area contributed by atoms with Gasteiger partial charge in [-0.25, -0.2) is 0 Å².